The average Bonchev–Trinajstić information content (AvgIpc) is 2.31. The fourth-order valence-electron chi connectivity index (χ4n) is 2.10. The average molecular weight is 303 g/mol. The normalized spacial score (nSPS) is 19.5. The van der Waals surface area contributed by atoms with Gasteiger partial charge in [0.15, 0.2) is 5.82 Å². The van der Waals surface area contributed by atoms with Gasteiger partial charge in [0.25, 0.3) is 0 Å². The van der Waals surface area contributed by atoms with Gasteiger partial charge in [-0.05, 0) is 12.0 Å². The summed E-state index contributed by atoms with van der Waals surface area (Å²) in [5, 5.41) is 2.30. The van der Waals surface area contributed by atoms with E-state index in [0.29, 0.717) is 6.07 Å². The van der Waals surface area contributed by atoms with Crippen LogP contribution in [0.5, 0.6) is 0 Å². The molecule has 1 atom stereocenters. The molecule has 1 unspecified atom stereocenters. The van der Waals surface area contributed by atoms with Crippen LogP contribution in [0, 0.1) is 17.6 Å². The van der Waals surface area contributed by atoms with Crippen LogP contribution in [-0.4, -0.2) is 24.4 Å². The number of anilines is 1. The fraction of sp³-hybridized carbons (Fsp3) is 0.385. The first-order chi connectivity index (χ1) is 9.31. The summed E-state index contributed by atoms with van der Waals surface area (Å²) in [4.78, 5) is 24.9. The van der Waals surface area contributed by atoms with Crippen molar-refractivity contribution in [3.8, 4) is 0 Å². The summed E-state index contributed by atoms with van der Waals surface area (Å²) >= 11 is 5.80. The van der Waals surface area contributed by atoms with E-state index in [0.717, 1.165) is 11.0 Å². The summed E-state index contributed by atoms with van der Waals surface area (Å²) < 4.78 is 26.9. The molecule has 1 aromatic rings. The van der Waals surface area contributed by atoms with Crippen LogP contribution in [-0.2, 0) is 9.59 Å². The van der Waals surface area contributed by atoms with Crippen LogP contribution < -0.4 is 10.2 Å². The van der Waals surface area contributed by atoms with E-state index >= 15 is 0 Å². The Labute approximate surface area is 119 Å². The standard InChI is InChI=1S/C13H13ClF2N2O2/c1-6(2)11-13(20)18(5-10(19)17-11)12-8(14)3-7(15)4-9(12)16/h3-4,6,11H,5H2,1-2H3,(H,17,19). The molecule has 1 saturated heterocycles. The van der Waals surface area contributed by atoms with Crippen molar-refractivity contribution < 1.29 is 18.4 Å². The first kappa shape index (κ1) is 14.7. The highest BCUT2D eigenvalue weighted by atomic mass is 35.5. The van der Waals surface area contributed by atoms with E-state index < -0.39 is 29.5 Å². The number of nitrogens with one attached hydrogen (secondary N) is 1. The number of piperazine rings is 1. The van der Waals surface area contributed by atoms with Crippen LogP contribution >= 0.6 is 11.6 Å². The van der Waals surface area contributed by atoms with Crippen molar-refractivity contribution >= 4 is 29.1 Å². The molecule has 7 heteroatoms. The molecule has 1 aromatic carbocycles. The Bertz CT molecular complexity index is 554. The Morgan fingerprint density at radius 3 is 2.55 bits per heavy atom. The smallest absolute Gasteiger partial charge is 0.250 e. The molecule has 1 aliphatic heterocycles. The van der Waals surface area contributed by atoms with Crippen LogP contribution in [0.15, 0.2) is 12.1 Å². The molecule has 0 aliphatic carbocycles. The molecular formula is C13H13ClF2N2O2. The van der Waals surface area contributed by atoms with Gasteiger partial charge >= 0.3 is 0 Å². The zero-order valence-electron chi connectivity index (χ0n) is 10.9. The Balaban J connectivity index is 2.46. The molecule has 0 radical (unpaired) electrons. The summed E-state index contributed by atoms with van der Waals surface area (Å²) in [7, 11) is 0. The third-order valence-electron chi connectivity index (χ3n) is 3.07. The lowest BCUT2D eigenvalue weighted by atomic mass is 10.0. The molecule has 2 rings (SSSR count). The number of nitrogens with zero attached hydrogens (tertiary/aromatic N) is 1. The number of carbonyl (C=O) groups excluding carboxylic acids is 2. The van der Waals surface area contributed by atoms with E-state index in [1.807, 2.05) is 0 Å². The summed E-state index contributed by atoms with van der Waals surface area (Å²) in [6, 6.07) is 0.784. The topological polar surface area (TPSA) is 49.4 Å². The highest BCUT2D eigenvalue weighted by Gasteiger charge is 2.37. The predicted octanol–water partition coefficient (Wildman–Crippen LogP) is 2.11. The molecule has 0 aromatic heterocycles. The van der Waals surface area contributed by atoms with Gasteiger partial charge in [-0.15, -0.1) is 0 Å². The first-order valence-electron chi connectivity index (χ1n) is 6.06. The number of carbonyl (C=O) groups is 2. The van der Waals surface area contributed by atoms with E-state index in [-0.39, 0.29) is 23.2 Å². The minimum Gasteiger partial charge on any atom is -0.342 e. The third kappa shape index (κ3) is 2.60. The van der Waals surface area contributed by atoms with Crippen LogP contribution in [0.2, 0.25) is 5.02 Å². The van der Waals surface area contributed by atoms with Gasteiger partial charge in [-0.3, -0.25) is 14.5 Å². The monoisotopic (exact) mass is 302 g/mol. The van der Waals surface area contributed by atoms with Gasteiger partial charge in [0.2, 0.25) is 11.8 Å². The van der Waals surface area contributed by atoms with Crippen LogP contribution in [0.3, 0.4) is 0 Å². The molecule has 2 amide bonds. The molecule has 1 aliphatic rings. The molecule has 1 fully saturated rings. The molecular weight excluding hydrogens is 290 g/mol. The molecule has 0 spiro atoms. The Hall–Kier alpha value is -1.69. The lowest BCUT2D eigenvalue weighted by Crippen LogP contribution is -2.60. The van der Waals surface area contributed by atoms with E-state index in [1.54, 1.807) is 13.8 Å². The molecule has 0 bridgehead atoms. The van der Waals surface area contributed by atoms with Crippen molar-refractivity contribution in [1.82, 2.24) is 5.32 Å². The zero-order chi connectivity index (χ0) is 15.0. The number of halogens is 3. The molecule has 0 saturated carbocycles. The van der Waals surface area contributed by atoms with E-state index in [1.165, 1.54) is 0 Å². The quantitative estimate of drug-likeness (QED) is 0.909. The molecule has 1 heterocycles. The van der Waals surface area contributed by atoms with Gasteiger partial charge in [0.1, 0.15) is 18.4 Å². The van der Waals surface area contributed by atoms with Crippen LogP contribution in [0.1, 0.15) is 13.8 Å². The Kier molecular flexibility index (Phi) is 3.94. The minimum absolute atomic E-state index is 0.156. The maximum Gasteiger partial charge on any atom is 0.250 e. The summed E-state index contributed by atoms with van der Waals surface area (Å²) in [5.41, 5.74) is -0.265. The molecule has 20 heavy (non-hydrogen) atoms. The molecule has 4 nitrogen and oxygen atoms in total. The largest absolute Gasteiger partial charge is 0.342 e. The SMILES string of the molecule is CC(C)C1NC(=O)CN(c2c(F)cc(F)cc2Cl)C1=O. The van der Waals surface area contributed by atoms with Gasteiger partial charge in [-0.2, -0.15) is 0 Å². The lowest BCUT2D eigenvalue weighted by molar-refractivity contribution is -0.132. The maximum atomic E-state index is 13.9. The predicted molar refractivity (Wildman–Crippen MR) is 70.5 cm³/mol. The second kappa shape index (κ2) is 5.36. The summed E-state index contributed by atoms with van der Waals surface area (Å²) in [6.45, 7) is 3.17. The van der Waals surface area contributed by atoms with Gasteiger partial charge in [-0.1, -0.05) is 25.4 Å². The van der Waals surface area contributed by atoms with E-state index in [4.69, 9.17) is 11.6 Å². The van der Waals surface area contributed by atoms with Gasteiger partial charge in [0, 0.05) is 6.07 Å². The van der Waals surface area contributed by atoms with Gasteiger partial charge < -0.3 is 5.32 Å². The fourth-order valence-corrected chi connectivity index (χ4v) is 2.40. The highest BCUT2D eigenvalue weighted by molar-refractivity contribution is 6.34. The number of benzene rings is 1. The maximum absolute atomic E-state index is 13.9. The van der Waals surface area contributed by atoms with Crippen LogP contribution in [0.25, 0.3) is 0 Å². The van der Waals surface area contributed by atoms with Crippen LogP contribution in [0.4, 0.5) is 14.5 Å². The van der Waals surface area contributed by atoms with Crippen molar-refractivity contribution in [2.24, 2.45) is 5.92 Å². The van der Waals surface area contributed by atoms with Gasteiger partial charge in [0.05, 0.1) is 10.7 Å². The first-order valence-corrected chi connectivity index (χ1v) is 6.44. The number of hydrogen-bond acceptors (Lipinski definition) is 2. The Morgan fingerprint density at radius 1 is 1.35 bits per heavy atom. The summed E-state index contributed by atoms with van der Waals surface area (Å²) in [5.74, 6) is -2.85. The van der Waals surface area contributed by atoms with Crippen molar-refractivity contribution in [3.63, 3.8) is 0 Å². The van der Waals surface area contributed by atoms with Crippen molar-refractivity contribution in [3.05, 3.63) is 28.8 Å². The lowest BCUT2D eigenvalue weighted by Gasteiger charge is -2.34. The van der Waals surface area contributed by atoms with E-state index in [2.05, 4.69) is 5.32 Å². The van der Waals surface area contributed by atoms with Gasteiger partial charge in [-0.25, -0.2) is 8.78 Å². The minimum atomic E-state index is -0.972. The second-order valence-corrected chi connectivity index (χ2v) is 5.34. The zero-order valence-corrected chi connectivity index (χ0v) is 11.7. The molecule has 1 N–H and O–H groups in total. The van der Waals surface area contributed by atoms with Crippen molar-refractivity contribution in [2.75, 3.05) is 11.4 Å². The Morgan fingerprint density at radius 2 is 2.00 bits per heavy atom. The number of hydrogen-bond donors (Lipinski definition) is 1. The highest BCUT2D eigenvalue weighted by Crippen LogP contribution is 2.31. The number of amides is 2. The van der Waals surface area contributed by atoms with Crippen molar-refractivity contribution in [2.45, 2.75) is 19.9 Å². The second-order valence-electron chi connectivity index (χ2n) is 4.93. The molecule has 108 valence electrons. The third-order valence-corrected chi connectivity index (χ3v) is 3.36. The number of rotatable bonds is 2. The van der Waals surface area contributed by atoms with E-state index in [9.17, 15) is 18.4 Å². The summed E-state index contributed by atoms with van der Waals surface area (Å²) in [6.07, 6.45) is 0. The van der Waals surface area contributed by atoms with Crippen molar-refractivity contribution in [1.29, 1.82) is 0 Å².